The van der Waals surface area contributed by atoms with E-state index in [1.54, 1.807) is 7.11 Å². The highest BCUT2D eigenvalue weighted by Gasteiger charge is 2.29. The second-order valence-electron chi connectivity index (χ2n) is 6.51. The first-order valence-electron chi connectivity index (χ1n) is 8.38. The highest BCUT2D eigenvalue weighted by atomic mass is 16.5. The van der Waals surface area contributed by atoms with Crippen LogP contribution in [0, 0.1) is 11.8 Å². The number of likely N-dealkylation sites (tertiary alicyclic amines) is 1. The van der Waals surface area contributed by atoms with Crippen LogP contribution < -0.4 is 10.1 Å². The first kappa shape index (κ1) is 15.3. The summed E-state index contributed by atoms with van der Waals surface area (Å²) >= 11 is 0. The first-order chi connectivity index (χ1) is 10.8. The summed E-state index contributed by atoms with van der Waals surface area (Å²) in [7, 11) is 1.70. The Bertz CT molecular complexity index is 486. The second kappa shape index (κ2) is 7.14. The first-order valence-corrected chi connectivity index (χ1v) is 8.38. The molecule has 0 aliphatic carbocycles. The van der Waals surface area contributed by atoms with Crippen LogP contribution in [0.5, 0.6) is 5.75 Å². The third-order valence-corrected chi connectivity index (χ3v) is 5.02. The number of carbonyl (C=O) groups is 1. The highest BCUT2D eigenvalue weighted by Crippen LogP contribution is 2.24. The van der Waals surface area contributed by atoms with E-state index in [0.717, 1.165) is 57.6 Å². The smallest absolute Gasteiger partial charge is 0.227 e. The molecule has 1 amide bonds. The number of benzene rings is 1. The van der Waals surface area contributed by atoms with Crippen molar-refractivity contribution in [2.75, 3.05) is 33.3 Å². The summed E-state index contributed by atoms with van der Waals surface area (Å²) < 4.78 is 5.20. The molecule has 2 heterocycles. The third-order valence-electron chi connectivity index (χ3n) is 5.02. The van der Waals surface area contributed by atoms with E-state index in [1.165, 1.54) is 5.56 Å². The number of carbonyl (C=O) groups excluding carboxylic acids is 1. The number of nitrogens with one attached hydrogen (secondary N) is 1. The molecular weight excluding hydrogens is 276 g/mol. The zero-order valence-corrected chi connectivity index (χ0v) is 13.4. The molecule has 2 aliphatic heterocycles. The topological polar surface area (TPSA) is 41.6 Å². The van der Waals surface area contributed by atoms with Crippen LogP contribution in [0.1, 0.15) is 24.8 Å². The van der Waals surface area contributed by atoms with Crippen molar-refractivity contribution in [3.63, 3.8) is 0 Å². The van der Waals surface area contributed by atoms with E-state index in [2.05, 4.69) is 22.3 Å². The fourth-order valence-corrected chi connectivity index (χ4v) is 3.58. The van der Waals surface area contributed by atoms with Gasteiger partial charge in [0.1, 0.15) is 5.75 Å². The molecular formula is C18H26N2O2. The van der Waals surface area contributed by atoms with Gasteiger partial charge in [0.05, 0.1) is 13.0 Å². The molecule has 2 saturated heterocycles. The minimum atomic E-state index is 0.220. The molecule has 1 aromatic carbocycles. The van der Waals surface area contributed by atoms with E-state index >= 15 is 0 Å². The van der Waals surface area contributed by atoms with Gasteiger partial charge in [0, 0.05) is 19.6 Å². The molecule has 4 heteroatoms. The lowest BCUT2D eigenvalue weighted by atomic mass is 9.89. The van der Waals surface area contributed by atoms with Gasteiger partial charge in [-0.2, -0.15) is 0 Å². The summed E-state index contributed by atoms with van der Waals surface area (Å²) in [6.07, 6.45) is 4.36. The third kappa shape index (κ3) is 3.61. The molecule has 4 nitrogen and oxygen atoms in total. The average Bonchev–Trinajstić information content (AvgIpc) is 3.10. The van der Waals surface area contributed by atoms with Crippen LogP contribution in [0.2, 0.25) is 0 Å². The van der Waals surface area contributed by atoms with Crippen molar-refractivity contribution in [1.29, 1.82) is 0 Å². The van der Waals surface area contributed by atoms with Crippen molar-refractivity contribution < 1.29 is 9.53 Å². The van der Waals surface area contributed by atoms with Gasteiger partial charge in [-0.1, -0.05) is 12.1 Å². The molecule has 1 atom stereocenters. The number of nitrogens with zero attached hydrogens (tertiary/aromatic N) is 1. The van der Waals surface area contributed by atoms with Crippen molar-refractivity contribution in [2.45, 2.75) is 25.7 Å². The van der Waals surface area contributed by atoms with Gasteiger partial charge >= 0.3 is 0 Å². The summed E-state index contributed by atoms with van der Waals surface area (Å²) in [4.78, 5) is 14.5. The lowest BCUT2D eigenvalue weighted by Gasteiger charge is -2.33. The maximum Gasteiger partial charge on any atom is 0.227 e. The lowest BCUT2D eigenvalue weighted by molar-refractivity contribution is -0.136. The molecule has 0 radical (unpaired) electrons. The maximum absolute atomic E-state index is 12.4. The standard InChI is InChI=1S/C18H26N2O2/c1-22-17-4-2-14(3-5-17)12-15-7-10-20(11-8-15)18(21)16-6-9-19-13-16/h2-5,15-16,19H,6-13H2,1H3. The van der Waals surface area contributed by atoms with Crippen LogP contribution in [0.25, 0.3) is 0 Å². The van der Waals surface area contributed by atoms with Gasteiger partial charge in [0.15, 0.2) is 0 Å². The molecule has 0 spiro atoms. The Morgan fingerprint density at radius 1 is 1.23 bits per heavy atom. The molecule has 0 aromatic heterocycles. The number of amides is 1. The molecule has 1 unspecified atom stereocenters. The van der Waals surface area contributed by atoms with Crippen LogP contribution in [0.15, 0.2) is 24.3 Å². The Morgan fingerprint density at radius 2 is 1.95 bits per heavy atom. The summed E-state index contributed by atoms with van der Waals surface area (Å²) in [6.45, 7) is 3.71. The quantitative estimate of drug-likeness (QED) is 0.926. The number of ether oxygens (including phenoxy) is 1. The Hall–Kier alpha value is -1.55. The van der Waals surface area contributed by atoms with Crippen molar-refractivity contribution >= 4 is 5.91 Å². The molecule has 22 heavy (non-hydrogen) atoms. The van der Waals surface area contributed by atoms with Gasteiger partial charge in [-0.3, -0.25) is 4.79 Å². The molecule has 1 N–H and O–H groups in total. The fourth-order valence-electron chi connectivity index (χ4n) is 3.58. The van der Waals surface area contributed by atoms with Gasteiger partial charge in [-0.05, 0) is 55.8 Å². The lowest BCUT2D eigenvalue weighted by Crippen LogP contribution is -2.42. The van der Waals surface area contributed by atoms with Crippen LogP contribution in [0.4, 0.5) is 0 Å². The normalized spacial score (nSPS) is 22.8. The summed E-state index contributed by atoms with van der Waals surface area (Å²) in [5.74, 6) is 2.19. The number of piperidine rings is 1. The fraction of sp³-hybridized carbons (Fsp3) is 0.611. The SMILES string of the molecule is COc1ccc(CC2CCN(C(=O)C3CCNC3)CC2)cc1. The zero-order chi connectivity index (χ0) is 15.4. The van der Waals surface area contributed by atoms with Gasteiger partial charge in [0.2, 0.25) is 5.91 Å². The molecule has 2 aliphatic rings. The van der Waals surface area contributed by atoms with Crippen molar-refractivity contribution in [1.82, 2.24) is 10.2 Å². The number of methoxy groups -OCH3 is 1. The molecule has 2 fully saturated rings. The number of rotatable bonds is 4. The van der Waals surface area contributed by atoms with E-state index in [9.17, 15) is 4.79 Å². The van der Waals surface area contributed by atoms with Crippen molar-refractivity contribution in [3.8, 4) is 5.75 Å². The van der Waals surface area contributed by atoms with Crippen LogP contribution in [-0.4, -0.2) is 44.1 Å². The molecule has 3 rings (SSSR count). The Labute approximate surface area is 132 Å². The summed E-state index contributed by atoms with van der Waals surface area (Å²) in [5, 5.41) is 3.29. The Morgan fingerprint density at radius 3 is 2.55 bits per heavy atom. The van der Waals surface area contributed by atoms with Gasteiger partial charge in [-0.15, -0.1) is 0 Å². The van der Waals surface area contributed by atoms with E-state index in [0.29, 0.717) is 11.8 Å². The van der Waals surface area contributed by atoms with Crippen LogP contribution >= 0.6 is 0 Å². The van der Waals surface area contributed by atoms with E-state index < -0.39 is 0 Å². The van der Waals surface area contributed by atoms with Crippen molar-refractivity contribution in [3.05, 3.63) is 29.8 Å². The summed E-state index contributed by atoms with van der Waals surface area (Å²) in [5.41, 5.74) is 1.37. The predicted octanol–water partition coefficient (Wildman–Crippen LogP) is 2.09. The minimum Gasteiger partial charge on any atom is -0.497 e. The largest absolute Gasteiger partial charge is 0.497 e. The monoisotopic (exact) mass is 302 g/mol. The van der Waals surface area contributed by atoms with E-state index in [1.807, 2.05) is 12.1 Å². The Kier molecular flexibility index (Phi) is 4.98. The molecule has 120 valence electrons. The highest BCUT2D eigenvalue weighted by molar-refractivity contribution is 5.79. The van der Waals surface area contributed by atoms with E-state index in [-0.39, 0.29) is 5.92 Å². The second-order valence-corrected chi connectivity index (χ2v) is 6.51. The van der Waals surface area contributed by atoms with Crippen molar-refractivity contribution in [2.24, 2.45) is 11.8 Å². The molecule has 1 aromatic rings. The van der Waals surface area contributed by atoms with Gasteiger partial charge < -0.3 is 15.0 Å². The molecule has 0 bridgehead atoms. The summed E-state index contributed by atoms with van der Waals surface area (Å²) in [6, 6.07) is 8.36. The van der Waals surface area contributed by atoms with Gasteiger partial charge in [0.25, 0.3) is 0 Å². The number of hydrogen-bond donors (Lipinski definition) is 1. The zero-order valence-electron chi connectivity index (χ0n) is 13.4. The van der Waals surface area contributed by atoms with E-state index in [4.69, 9.17) is 4.74 Å². The predicted molar refractivity (Wildman–Crippen MR) is 87.0 cm³/mol. The maximum atomic E-state index is 12.4. The molecule has 0 saturated carbocycles. The van der Waals surface area contributed by atoms with Crippen LogP contribution in [-0.2, 0) is 11.2 Å². The number of hydrogen-bond acceptors (Lipinski definition) is 3. The van der Waals surface area contributed by atoms with Crippen LogP contribution in [0.3, 0.4) is 0 Å². The van der Waals surface area contributed by atoms with Gasteiger partial charge in [-0.25, -0.2) is 0 Å². The minimum absolute atomic E-state index is 0.220. The Balaban J connectivity index is 1.47. The average molecular weight is 302 g/mol.